The number of pyridine rings is 1. The summed E-state index contributed by atoms with van der Waals surface area (Å²) in [6, 6.07) is 5.92. The molecule has 0 spiro atoms. The predicted molar refractivity (Wildman–Crippen MR) is 74.7 cm³/mol. The molecule has 0 bridgehead atoms. The number of nitrogens with zero attached hydrogens (tertiary/aromatic N) is 3. The van der Waals surface area contributed by atoms with Gasteiger partial charge in [-0.3, -0.25) is 9.78 Å². The van der Waals surface area contributed by atoms with E-state index >= 15 is 0 Å². The first-order chi connectivity index (χ1) is 9.16. The fourth-order valence-electron chi connectivity index (χ4n) is 2.14. The third-order valence-electron chi connectivity index (χ3n) is 3.55. The fourth-order valence-corrected chi connectivity index (χ4v) is 2.14. The molecule has 0 aliphatic carbocycles. The summed E-state index contributed by atoms with van der Waals surface area (Å²) in [5, 5.41) is 3.24. The van der Waals surface area contributed by atoms with Crippen LogP contribution in [-0.4, -0.2) is 60.5 Å². The summed E-state index contributed by atoms with van der Waals surface area (Å²) in [6.45, 7) is 5.98. The van der Waals surface area contributed by atoms with Crippen molar-refractivity contribution >= 4 is 5.91 Å². The van der Waals surface area contributed by atoms with Crippen molar-refractivity contribution in [2.24, 2.45) is 0 Å². The van der Waals surface area contributed by atoms with E-state index in [9.17, 15) is 4.79 Å². The molecule has 0 radical (unpaired) electrons. The van der Waals surface area contributed by atoms with Crippen LogP contribution in [0.5, 0.6) is 0 Å². The van der Waals surface area contributed by atoms with Crippen LogP contribution in [0.4, 0.5) is 0 Å². The Morgan fingerprint density at radius 3 is 2.74 bits per heavy atom. The lowest BCUT2D eigenvalue weighted by Gasteiger charge is -2.32. The van der Waals surface area contributed by atoms with Gasteiger partial charge in [0.1, 0.15) is 0 Å². The van der Waals surface area contributed by atoms with Crippen LogP contribution >= 0.6 is 0 Å². The van der Waals surface area contributed by atoms with Crippen molar-refractivity contribution in [1.82, 2.24) is 20.1 Å². The molecule has 1 aliphatic rings. The second-order valence-electron chi connectivity index (χ2n) is 5.04. The maximum atomic E-state index is 12.1. The molecule has 1 N–H and O–H groups in total. The van der Waals surface area contributed by atoms with Crippen LogP contribution in [-0.2, 0) is 4.79 Å². The second kappa shape index (κ2) is 6.63. The molecular formula is C14H22N4O. The summed E-state index contributed by atoms with van der Waals surface area (Å²) in [5.41, 5.74) is 0.966. The van der Waals surface area contributed by atoms with Crippen molar-refractivity contribution in [2.75, 3.05) is 39.8 Å². The quantitative estimate of drug-likeness (QED) is 0.859. The van der Waals surface area contributed by atoms with Crippen molar-refractivity contribution < 1.29 is 4.79 Å². The first kappa shape index (κ1) is 14.0. The Morgan fingerprint density at radius 1 is 1.37 bits per heavy atom. The van der Waals surface area contributed by atoms with E-state index in [-0.39, 0.29) is 11.9 Å². The Morgan fingerprint density at radius 2 is 2.11 bits per heavy atom. The number of carbonyl (C=O) groups is 1. The molecule has 5 nitrogen and oxygen atoms in total. The normalized spacial score (nSPS) is 18.3. The highest BCUT2D eigenvalue weighted by atomic mass is 16.2. The van der Waals surface area contributed by atoms with Gasteiger partial charge >= 0.3 is 0 Å². The molecule has 0 saturated carbocycles. The highest BCUT2D eigenvalue weighted by Crippen LogP contribution is 2.07. The van der Waals surface area contributed by atoms with Crippen LogP contribution in [0.15, 0.2) is 24.4 Å². The van der Waals surface area contributed by atoms with Gasteiger partial charge in [-0.15, -0.1) is 0 Å². The van der Waals surface area contributed by atoms with Crippen molar-refractivity contribution in [2.45, 2.75) is 13.0 Å². The molecule has 1 aliphatic heterocycles. The molecule has 1 amide bonds. The predicted octanol–water partition coefficient (Wildman–Crippen LogP) is 0.506. The van der Waals surface area contributed by atoms with Gasteiger partial charge in [0.05, 0.1) is 12.2 Å². The van der Waals surface area contributed by atoms with Crippen LogP contribution in [0.2, 0.25) is 0 Å². The van der Waals surface area contributed by atoms with Crippen LogP contribution in [0.3, 0.4) is 0 Å². The first-order valence-corrected chi connectivity index (χ1v) is 6.77. The molecule has 1 fully saturated rings. The lowest BCUT2D eigenvalue weighted by atomic mass is 10.2. The number of carbonyl (C=O) groups excluding carboxylic acids is 1. The number of aromatic nitrogens is 1. The summed E-state index contributed by atoms with van der Waals surface area (Å²) < 4.78 is 0. The largest absolute Gasteiger partial charge is 0.339 e. The van der Waals surface area contributed by atoms with E-state index < -0.39 is 0 Å². The molecule has 1 saturated heterocycles. The van der Waals surface area contributed by atoms with Crippen LogP contribution < -0.4 is 5.32 Å². The monoisotopic (exact) mass is 262 g/mol. The Hall–Kier alpha value is -1.46. The first-order valence-electron chi connectivity index (χ1n) is 6.77. The van der Waals surface area contributed by atoms with Gasteiger partial charge < -0.3 is 15.1 Å². The number of amides is 1. The van der Waals surface area contributed by atoms with E-state index in [4.69, 9.17) is 0 Å². The minimum atomic E-state index is 0.0950. The van der Waals surface area contributed by atoms with Gasteiger partial charge in [0.2, 0.25) is 5.91 Å². The van der Waals surface area contributed by atoms with Crippen molar-refractivity contribution in [3.63, 3.8) is 0 Å². The fraction of sp³-hybridized carbons (Fsp3) is 0.571. The van der Waals surface area contributed by atoms with E-state index in [1.54, 1.807) is 6.20 Å². The van der Waals surface area contributed by atoms with Crippen LogP contribution in [0, 0.1) is 0 Å². The minimum absolute atomic E-state index is 0.0950. The van der Waals surface area contributed by atoms with Gasteiger partial charge in [-0.2, -0.15) is 0 Å². The standard InChI is InChI=1S/C14H22N4O/c1-12(13-5-3-4-6-15-13)16-11-14(19)18-9-7-17(2)8-10-18/h3-6,12,16H,7-11H2,1-2H3/t12-/m1/s1. The summed E-state index contributed by atoms with van der Waals surface area (Å²) in [7, 11) is 2.09. The van der Waals surface area contributed by atoms with Crippen molar-refractivity contribution in [3.05, 3.63) is 30.1 Å². The smallest absolute Gasteiger partial charge is 0.236 e. The maximum Gasteiger partial charge on any atom is 0.236 e. The molecule has 0 unspecified atom stereocenters. The molecule has 1 aromatic rings. The molecule has 0 aromatic carbocycles. The molecule has 1 aromatic heterocycles. The number of nitrogens with one attached hydrogen (secondary N) is 1. The SMILES string of the molecule is C[C@@H](NCC(=O)N1CCN(C)CC1)c1ccccn1. The molecule has 19 heavy (non-hydrogen) atoms. The van der Waals surface area contributed by atoms with Gasteiger partial charge in [-0.25, -0.2) is 0 Å². The zero-order chi connectivity index (χ0) is 13.7. The van der Waals surface area contributed by atoms with Crippen molar-refractivity contribution in [1.29, 1.82) is 0 Å². The van der Waals surface area contributed by atoms with Crippen LogP contribution in [0.25, 0.3) is 0 Å². The number of piperazine rings is 1. The maximum absolute atomic E-state index is 12.1. The third-order valence-corrected chi connectivity index (χ3v) is 3.55. The highest BCUT2D eigenvalue weighted by Gasteiger charge is 2.19. The van der Waals surface area contributed by atoms with E-state index in [0.717, 1.165) is 31.9 Å². The van der Waals surface area contributed by atoms with Gasteiger partial charge in [-0.05, 0) is 26.1 Å². The van der Waals surface area contributed by atoms with Gasteiger partial charge in [0, 0.05) is 38.4 Å². The zero-order valence-corrected chi connectivity index (χ0v) is 11.7. The Balaban J connectivity index is 1.77. The molecule has 2 heterocycles. The number of rotatable bonds is 4. The summed E-state index contributed by atoms with van der Waals surface area (Å²) in [6.07, 6.45) is 1.77. The van der Waals surface area contributed by atoms with E-state index in [1.807, 2.05) is 30.0 Å². The zero-order valence-electron chi connectivity index (χ0n) is 11.7. The Kier molecular flexibility index (Phi) is 4.87. The Labute approximate surface area is 114 Å². The second-order valence-corrected chi connectivity index (χ2v) is 5.04. The molecule has 2 rings (SSSR count). The molecular weight excluding hydrogens is 240 g/mol. The lowest BCUT2D eigenvalue weighted by Crippen LogP contribution is -2.49. The molecule has 104 valence electrons. The number of hydrogen-bond acceptors (Lipinski definition) is 4. The van der Waals surface area contributed by atoms with E-state index in [0.29, 0.717) is 6.54 Å². The average molecular weight is 262 g/mol. The van der Waals surface area contributed by atoms with Crippen LogP contribution in [0.1, 0.15) is 18.7 Å². The molecule has 5 heteroatoms. The third kappa shape index (κ3) is 4.01. The van der Waals surface area contributed by atoms with Gasteiger partial charge in [-0.1, -0.05) is 6.07 Å². The lowest BCUT2D eigenvalue weighted by molar-refractivity contribution is -0.131. The minimum Gasteiger partial charge on any atom is -0.339 e. The van der Waals surface area contributed by atoms with Gasteiger partial charge in [0.15, 0.2) is 0 Å². The molecule has 1 atom stereocenters. The topological polar surface area (TPSA) is 48.5 Å². The van der Waals surface area contributed by atoms with Crippen molar-refractivity contribution in [3.8, 4) is 0 Å². The number of hydrogen-bond donors (Lipinski definition) is 1. The van der Waals surface area contributed by atoms with E-state index in [1.165, 1.54) is 0 Å². The van der Waals surface area contributed by atoms with E-state index in [2.05, 4.69) is 22.2 Å². The highest BCUT2D eigenvalue weighted by molar-refractivity contribution is 5.78. The average Bonchev–Trinajstić information content (AvgIpc) is 2.46. The summed E-state index contributed by atoms with van der Waals surface area (Å²) in [5.74, 6) is 0.177. The Bertz CT molecular complexity index is 401. The summed E-state index contributed by atoms with van der Waals surface area (Å²) in [4.78, 5) is 20.5. The van der Waals surface area contributed by atoms with Gasteiger partial charge in [0.25, 0.3) is 0 Å². The summed E-state index contributed by atoms with van der Waals surface area (Å²) >= 11 is 0. The number of likely N-dealkylation sites (N-methyl/N-ethyl adjacent to an activating group) is 1.